The van der Waals surface area contributed by atoms with E-state index < -0.39 is 17.6 Å². The van der Waals surface area contributed by atoms with Crippen molar-refractivity contribution < 1.29 is 22.3 Å². The van der Waals surface area contributed by atoms with E-state index in [9.17, 15) is 17.6 Å². The molecular formula is C14H18F4O. The fourth-order valence-electron chi connectivity index (χ4n) is 1.83. The molecule has 0 saturated heterocycles. The Labute approximate surface area is 110 Å². The summed E-state index contributed by atoms with van der Waals surface area (Å²) in [6.07, 6.45) is -3.79. The first-order valence-corrected chi connectivity index (χ1v) is 6.25. The Balaban J connectivity index is 2.89. The van der Waals surface area contributed by atoms with Crippen molar-refractivity contribution in [3.05, 3.63) is 29.6 Å². The maximum absolute atomic E-state index is 12.9. The number of benzene rings is 1. The summed E-state index contributed by atoms with van der Waals surface area (Å²) in [6.45, 7) is 6.14. The van der Waals surface area contributed by atoms with Gasteiger partial charge in [0.05, 0.1) is 6.61 Å². The van der Waals surface area contributed by atoms with Crippen LogP contribution in [0.3, 0.4) is 0 Å². The van der Waals surface area contributed by atoms with E-state index in [2.05, 4.69) is 0 Å². The molecule has 0 aromatic heterocycles. The summed E-state index contributed by atoms with van der Waals surface area (Å²) in [4.78, 5) is 0. The molecule has 0 aliphatic heterocycles. The van der Waals surface area contributed by atoms with E-state index in [1.54, 1.807) is 0 Å². The molecule has 108 valence electrons. The highest BCUT2D eigenvalue weighted by molar-refractivity contribution is 5.36. The molecule has 0 heterocycles. The minimum atomic E-state index is -4.61. The van der Waals surface area contributed by atoms with Gasteiger partial charge in [0.2, 0.25) is 0 Å². The summed E-state index contributed by atoms with van der Waals surface area (Å²) in [5, 5.41) is 0. The highest BCUT2D eigenvalue weighted by Crippen LogP contribution is 2.37. The van der Waals surface area contributed by atoms with Gasteiger partial charge in [0.15, 0.2) is 0 Å². The average Bonchev–Trinajstić information content (AvgIpc) is 2.29. The standard InChI is InChI=1S/C14H18F4O/c1-4-10(9(2)3)8-19-13-6-5-11(15)7-12(13)14(16,17)18/h5-7,9-10H,4,8H2,1-3H3. The van der Waals surface area contributed by atoms with Gasteiger partial charge < -0.3 is 4.74 Å². The summed E-state index contributed by atoms with van der Waals surface area (Å²) >= 11 is 0. The maximum Gasteiger partial charge on any atom is 0.420 e. The van der Waals surface area contributed by atoms with Crippen LogP contribution < -0.4 is 4.74 Å². The van der Waals surface area contributed by atoms with E-state index in [1.807, 2.05) is 20.8 Å². The van der Waals surface area contributed by atoms with Crippen LogP contribution in [0.25, 0.3) is 0 Å². The summed E-state index contributed by atoms with van der Waals surface area (Å²) in [7, 11) is 0. The Kier molecular flexibility index (Phi) is 5.20. The average molecular weight is 278 g/mol. The zero-order chi connectivity index (χ0) is 14.6. The molecule has 19 heavy (non-hydrogen) atoms. The van der Waals surface area contributed by atoms with Crippen molar-refractivity contribution >= 4 is 0 Å². The van der Waals surface area contributed by atoms with Gasteiger partial charge >= 0.3 is 6.18 Å². The molecule has 1 rings (SSSR count). The fraction of sp³-hybridized carbons (Fsp3) is 0.571. The van der Waals surface area contributed by atoms with Crippen LogP contribution in [-0.2, 0) is 6.18 Å². The molecule has 0 aliphatic rings. The van der Waals surface area contributed by atoms with Crippen molar-refractivity contribution in [1.29, 1.82) is 0 Å². The number of hydrogen-bond donors (Lipinski definition) is 0. The van der Waals surface area contributed by atoms with Crippen LogP contribution in [0.5, 0.6) is 5.75 Å². The second kappa shape index (κ2) is 6.26. The summed E-state index contributed by atoms with van der Waals surface area (Å²) < 4.78 is 56.4. The van der Waals surface area contributed by atoms with Crippen molar-refractivity contribution in [3.8, 4) is 5.75 Å². The first-order chi connectivity index (χ1) is 8.75. The third-order valence-corrected chi connectivity index (χ3v) is 3.17. The van der Waals surface area contributed by atoms with Crippen molar-refractivity contribution in [2.75, 3.05) is 6.61 Å². The van der Waals surface area contributed by atoms with Crippen LogP contribution in [0.2, 0.25) is 0 Å². The zero-order valence-corrected chi connectivity index (χ0v) is 11.2. The van der Waals surface area contributed by atoms with Gasteiger partial charge in [-0.05, 0) is 36.5 Å². The van der Waals surface area contributed by atoms with Gasteiger partial charge in [0, 0.05) is 0 Å². The summed E-state index contributed by atoms with van der Waals surface area (Å²) in [5.74, 6) is -0.741. The number of hydrogen-bond acceptors (Lipinski definition) is 1. The smallest absolute Gasteiger partial charge is 0.420 e. The molecule has 1 atom stereocenters. The molecule has 1 aromatic carbocycles. The Hall–Kier alpha value is -1.26. The number of halogens is 4. The van der Waals surface area contributed by atoms with E-state index in [4.69, 9.17) is 4.74 Å². The maximum atomic E-state index is 12.9. The van der Waals surface area contributed by atoms with Crippen molar-refractivity contribution in [2.45, 2.75) is 33.4 Å². The van der Waals surface area contributed by atoms with Crippen LogP contribution in [0, 0.1) is 17.7 Å². The number of ether oxygens (including phenoxy) is 1. The lowest BCUT2D eigenvalue weighted by Gasteiger charge is -2.21. The third-order valence-electron chi connectivity index (χ3n) is 3.17. The second-order valence-corrected chi connectivity index (χ2v) is 4.86. The SMILES string of the molecule is CCC(COc1ccc(F)cc1C(F)(F)F)C(C)C. The molecule has 1 nitrogen and oxygen atoms in total. The number of rotatable bonds is 5. The van der Waals surface area contributed by atoms with Gasteiger partial charge in [-0.1, -0.05) is 20.8 Å². The molecule has 1 aromatic rings. The minimum absolute atomic E-state index is 0.172. The monoisotopic (exact) mass is 278 g/mol. The Morgan fingerprint density at radius 3 is 2.32 bits per heavy atom. The topological polar surface area (TPSA) is 9.23 Å². The van der Waals surface area contributed by atoms with Gasteiger partial charge in [-0.15, -0.1) is 0 Å². The minimum Gasteiger partial charge on any atom is -0.493 e. The van der Waals surface area contributed by atoms with Crippen LogP contribution in [0.15, 0.2) is 18.2 Å². The largest absolute Gasteiger partial charge is 0.493 e. The van der Waals surface area contributed by atoms with Gasteiger partial charge in [-0.3, -0.25) is 0 Å². The molecule has 1 unspecified atom stereocenters. The van der Waals surface area contributed by atoms with Crippen molar-refractivity contribution in [1.82, 2.24) is 0 Å². The Bertz CT molecular complexity index is 412. The van der Waals surface area contributed by atoms with Crippen LogP contribution in [0.1, 0.15) is 32.8 Å². The molecule has 0 N–H and O–H groups in total. The summed E-state index contributed by atoms with van der Waals surface area (Å²) in [5.41, 5.74) is -1.06. The third kappa shape index (κ3) is 4.40. The lowest BCUT2D eigenvalue weighted by atomic mass is 9.94. The summed E-state index contributed by atoms with van der Waals surface area (Å²) in [6, 6.07) is 2.47. The first-order valence-electron chi connectivity index (χ1n) is 6.25. The van der Waals surface area contributed by atoms with Gasteiger partial charge in [0.1, 0.15) is 17.1 Å². The zero-order valence-electron chi connectivity index (χ0n) is 11.2. The highest BCUT2D eigenvalue weighted by atomic mass is 19.4. The van der Waals surface area contributed by atoms with Crippen LogP contribution >= 0.6 is 0 Å². The molecule has 0 aliphatic carbocycles. The first kappa shape index (κ1) is 15.8. The van der Waals surface area contributed by atoms with Gasteiger partial charge in [-0.2, -0.15) is 13.2 Å². The quantitative estimate of drug-likeness (QED) is 0.696. The highest BCUT2D eigenvalue weighted by Gasteiger charge is 2.35. The molecule has 0 radical (unpaired) electrons. The molecule has 0 spiro atoms. The molecular weight excluding hydrogens is 260 g/mol. The predicted molar refractivity (Wildman–Crippen MR) is 65.5 cm³/mol. The Morgan fingerprint density at radius 2 is 1.84 bits per heavy atom. The molecule has 0 fully saturated rings. The second-order valence-electron chi connectivity index (χ2n) is 4.86. The Morgan fingerprint density at radius 1 is 1.21 bits per heavy atom. The molecule has 0 bridgehead atoms. The van der Waals surface area contributed by atoms with E-state index in [0.717, 1.165) is 18.6 Å². The van der Waals surface area contributed by atoms with Crippen molar-refractivity contribution in [3.63, 3.8) is 0 Å². The molecule has 0 amide bonds. The number of alkyl halides is 3. The fourth-order valence-corrected chi connectivity index (χ4v) is 1.83. The lowest BCUT2D eigenvalue weighted by Crippen LogP contribution is -2.18. The van der Waals surface area contributed by atoms with E-state index in [1.165, 1.54) is 0 Å². The van der Waals surface area contributed by atoms with E-state index >= 15 is 0 Å². The lowest BCUT2D eigenvalue weighted by molar-refractivity contribution is -0.139. The van der Waals surface area contributed by atoms with Crippen molar-refractivity contribution in [2.24, 2.45) is 11.8 Å². The van der Waals surface area contributed by atoms with Gasteiger partial charge in [-0.25, -0.2) is 4.39 Å². The van der Waals surface area contributed by atoms with Gasteiger partial charge in [0.25, 0.3) is 0 Å². The molecule has 0 saturated carbocycles. The van der Waals surface area contributed by atoms with Crippen LogP contribution in [0.4, 0.5) is 17.6 Å². The predicted octanol–water partition coefficient (Wildman–Crippen LogP) is 4.91. The van der Waals surface area contributed by atoms with Crippen LogP contribution in [-0.4, -0.2) is 6.61 Å². The normalized spacial score (nSPS) is 13.7. The van der Waals surface area contributed by atoms with E-state index in [-0.39, 0.29) is 18.3 Å². The molecule has 5 heteroatoms. The van der Waals surface area contributed by atoms with E-state index in [0.29, 0.717) is 12.0 Å².